The Morgan fingerprint density at radius 3 is 2.74 bits per heavy atom. The van der Waals surface area contributed by atoms with E-state index in [1.807, 2.05) is 36.1 Å². The molecule has 0 aliphatic heterocycles. The van der Waals surface area contributed by atoms with E-state index in [0.29, 0.717) is 16.5 Å². The number of rotatable bonds is 7. The number of thiophene rings is 1. The minimum atomic E-state index is -0.330. The van der Waals surface area contributed by atoms with Crippen LogP contribution in [0.25, 0.3) is 10.7 Å². The Hall–Kier alpha value is -3.37. The lowest BCUT2D eigenvalue weighted by Crippen LogP contribution is -2.16. The number of hydrogen-bond donors (Lipinski definition) is 2. The van der Waals surface area contributed by atoms with Crippen molar-refractivity contribution in [2.75, 3.05) is 16.4 Å². The first kappa shape index (κ1) is 20.9. The van der Waals surface area contributed by atoms with Gasteiger partial charge in [-0.2, -0.15) is 0 Å². The van der Waals surface area contributed by atoms with E-state index in [0.717, 1.165) is 16.3 Å². The summed E-state index contributed by atoms with van der Waals surface area (Å²) in [5, 5.41) is 16.7. The SMILES string of the molecule is Cc1cc(NC(=O)c2ccco2)ccc1NC(=O)CSc1nnc(-c2cccs2)n1C. The fraction of sp³-hybridized carbons (Fsp3) is 0.143. The number of hydrogen-bond acceptors (Lipinski definition) is 7. The van der Waals surface area contributed by atoms with E-state index >= 15 is 0 Å². The molecule has 0 atom stereocenters. The van der Waals surface area contributed by atoms with Crippen LogP contribution in [0, 0.1) is 6.92 Å². The summed E-state index contributed by atoms with van der Waals surface area (Å²) in [6.45, 7) is 1.86. The first-order valence-electron chi connectivity index (χ1n) is 9.32. The highest BCUT2D eigenvalue weighted by atomic mass is 32.2. The average Bonchev–Trinajstić information content (AvgIpc) is 3.51. The van der Waals surface area contributed by atoms with Gasteiger partial charge < -0.3 is 19.6 Å². The van der Waals surface area contributed by atoms with E-state index in [1.165, 1.54) is 18.0 Å². The number of carbonyl (C=O) groups excluding carboxylic acids is 2. The molecule has 2 N–H and O–H groups in total. The second kappa shape index (κ2) is 9.19. The van der Waals surface area contributed by atoms with E-state index in [1.54, 1.807) is 41.7 Å². The van der Waals surface area contributed by atoms with Gasteiger partial charge in [0.05, 0.1) is 16.9 Å². The predicted octanol–water partition coefficient (Wildman–Crippen LogP) is 4.43. The van der Waals surface area contributed by atoms with Crippen molar-refractivity contribution < 1.29 is 14.0 Å². The number of nitrogens with zero attached hydrogens (tertiary/aromatic N) is 3. The molecule has 158 valence electrons. The van der Waals surface area contributed by atoms with Gasteiger partial charge in [0.15, 0.2) is 16.7 Å². The van der Waals surface area contributed by atoms with Crippen LogP contribution in [0.1, 0.15) is 16.1 Å². The normalized spacial score (nSPS) is 10.8. The Labute approximate surface area is 186 Å². The monoisotopic (exact) mass is 453 g/mol. The van der Waals surface area contributed by atoms with Crippen LogP contribution in [-0.2, 0) is 11.8 Å². The maximum absolute atomic E-state index is 12.4. The number of amides is 2. The molecule has 4 aromatic rings. The molecule has 31 heavy (non-hydrogen) atoms. The molecular formula is C21H19N5O3S2. The molecule has 1 aromatic carbocycles. The molecule has 0 aliphatic carbocycles. The van der Waals surface area contributed by atoms with Gasteiger partial charge in [-0.3, -0.25) is 9.59 Å². The fourth-order valence-electron chi connectivity index (χ4n) is 2.86. The number of nitrogens with one attached hydrogen (secondary N) is 2. The zero-order valence-corrected chi connectivity index (χ0v) is 18.4. The third-order valence-electron chi connectivity index (χ3n) is 4.41. The van der Waals surface area contributed by atoms with Crippen molar-refractivity contribution >= 4 is 46.3 Å². The number of furan rings is 1. The van der Waals surface area contributed by atoms with Crippen molar-refractivity contribution in [2.45, 2.75) is 12.1 Å². The maximum Gasteiger partial charge on any atom is 0.291 e. The van der Waals surface area contributed by atoms with E-state index in [9.17, 15) is 9.59 Å². The lowest BCUT2D eigenvalue weighted by atomic mass is 10.1. The van der Waals surface area contributed by atoms with Crippen LogP contribution in [0.3, 0.4) is 0 Å². The molecule has 0 bridgehead atoms. The number of carbonyl (C=O) groups is 2. The molecule has 0 spiro atoms. The molecule has 2 amide bonds. The molecule has 8 nitrogen and oxygen atoms in total. The summed E-state index contributed by atoms with van der Waals surface area (Å²) >= 11 is 2.91. The van der Waals surface area contributed by atoms with Crippen molar-refractivity contribution in [1.82, 2.24) is 14.8 Å². The molecule has 0 radical (unpaired) electrons. The van der Waals surface area contributed by atoms with E-state index in [4.69, 9.17) is 4.42 Å². The van der Waals surface area contributed by atoms with Gasteiger partial charge in [0, 0.05) is 18.4 Å². The zero-order chi connectivity index (χ0) is 21.8. The quantitative estimate of drug-likeness (QED) is 0.402. The van der Waals surface area contributed by atoms with Gasteiger partial charge in [-0.1, -0.05) is 17.8 Å². The molecule has 0 aliphatic rings. The predicted molar refractivity (Wildman–Crippen MR) is 122 cm³/mol. The lowest BCUT2D eigenvalue weighted by Gasteiger charge is -2.11. The van der Waals surface area contributed by atoms with Crippen LogP contribution in [-0.4, -0.2) is 32.3 Å². The Morgan fingerprint density at radius 2 is 2.03 bits per heavy atom. The van der Waals surface area contributed by atoms with Crippen LogP contribution < -0.4 is 10.6 Å². The van der Waals surface area contributed by atoms with Crippen molar-refractivity contribution in [1.29, 1.82) is 0 Å². The molecule has 3 aromatic heterocycles. The number of benzene rings is 1. The van der Waals surface area contributed by atoms with Gasteiger partial charge in [0.1, 0.15) is 0 Å². The van der Waals surface area contributed by atoms with Crippen molar-refractivity contribution in [2.24, 2.45) is 7.05 Å². The van der Waals surface area contributed by atoms with Gasteiger partial charge in [0.2, 0.25) is 5.91 Å². The Balaban J connectivity index is 1.34. The van der Waals surface area contributed by atoms with Crippen molar-refractivity contribution in [3.63, 3.8) is 0 Å². The smallest absolute Gasteiger partial charge is 0.291 e. The summed E-state index contributed by atoms with van der Waals surface area (Å²) in [5.41, 5.74) is 2.12. The largest absolute Gasteiger partial charge is 0.459 e. The van der Waals surface area contributed by atoms with Gasteiger partial charge in [0.25, 0.3) is 5.91 Å². The molecular weight excluding hydrogens is 434 g/mol. The second-order valence-electron chi connectivity index (χ2n) is 6.64. The Kier molecular flexibility index (Phi) is 6.19. The van der Waals surface area contributed by atoms with Crippen molar-refractivity contribution in [3.8, 4) is 10.7 Å². The third-order valence-corrected chi connectivity index (χ3v) is 6.30. The van der Waals surface area contributed by atoms with E-state index in [2.05, 4.69) is 20.8 Å². The van der Waals surface area contributed by atoms with E-state index in [-0.39, 0.29) is 23.3 Å². The highest BCUT2D eigenvalue weighted by Gasteiger charge is 2.14. The first-order valence-corrected chi connectivity index (χ1v) is 11.2. The summed E-state index contributed by atoms with van der Waals surface area (Å²) < 4.78 is 6.97. The van der Waals surface area contributed by atoms with Crippen LogP contribution in [0.4, 0.5) is 11.4 Å². The highest BCUT2D eigenvalue weighted by molar-refractivity contribution is 7.99. The van der Waals surface area contributed by atoms with Crippen LogP contribution >= 0.6 is 23.1 Å². The molecule has 4 rings (SSSR count). The molecule has 0 fully saturated rings. The summed E-state index contributed by atoms with van der Waals surface area (Å²) in [5.74, 6) is 0.732. The number of aryl methyl sites for hydroxylation is 1. The summed E-state index contributed by atoms with van der Waals surface area (Å²) in [7, 11) is 1.88. The van der Waals surface area contributed by atoms with Gasteiger partial charge in [-0.05, 0) is 54.3 Å². The lowest BCUT2D eigenvalue weighted by molar-refractivity contribution is -0.113. The minimum absolute atomic E-state index is 0.152. The van der Waals surface area contributed by atoms with Crippen LogP contribution in [0.2, 0.25) is 0 Å². The molecule has 0 saturated heterocycles. The zero-order valence-electron chi connectivity index (χ0n) is 16.8. The molecule has 0 saturated carbocycles. The average molecular weight is 454 g/mol. The van der Waals surface area contributed by atoms with Crippen LogP contribution in [0.5, 0.6) is 0 Å². The van der Waals surface area contributed by atoms with Gasteiger partial charge in [-0.15, -0.1) is 21.5 Å². The number of anilines is 2. The first-order chi connectivity index (χ1) is 15.0. The van der Waals surface area contributed by atoms with Gasteiger partial charge in [-0.25, -0.2) is 0 Å². The highest BCUT2D eigenvalue weighted by Crippen LogP contribution is 2.26. The van der Waals surface area contributed by atoms with Crippen molar-refractivity contribution in [3.05, 3.63) is 65.4 Å². The fourth-order valence-corrected chi connectivity index (χ4v) is 4.31. The summed E-state index contributed by atoms with van der Waals surface area (Å²) in [4.78, 5) is 25.5. The molecule has 10 heteroatoms. The topological polar surface area (TPSA) is 102 Å². The minimum Gasteiger partial charge on any atom is -0.459 e. The van der Waals surface area contributed by atoms with E-state index < -0.39 is 0 Å². The molecule has 3 heterocycles. The van der Waals surface area contributed by atoms with Crippen LogP contribution in [0.15, 0.2) is 63.7 Å². The third kappa shape index (κ3) is 4.86. The summed E-state index contributed by atoms with van der Waals surface area (Å²) in [6.07, 6.45) is 1.45. The molecule has 0 unspecified atom stereocenters. The summed E-state index contributed by atoms with van der Waals surface area (Å²) in [6, 6.07) is 12.5. The second-order valence-corrected chi connectivity index (χ2v) is 8.53. The maximum atomic E-state index is 12.4. The van der Waals surface area contributed by atoms with Gasteiger partial charge >= 0.3 is 0 Å². The number of aromatic nitrogens is 3. The Bertz CT molecular complexity index is 1200. The Morgan fingerprint density at radius 1 is 1.16 bits per heavy atom. The standard InChI is InChI=1S/C21H19N5O3S2/c1-13-11-14(22-20(28)16-5-3-9-29-16)7-8-15(13)23-18(27)12-31-21-25-24-19(26(21)2)17-6-4-10-30-17/h3-11H,12H2,1-2H3,(H,22,28)(H,23,27). The number of thioether (sulfide) groups is 1.